The molecule has 3 nitrogen and oxygen atoms in total. The third-order valence-corrected chi connectivity index (χ3v) is 5.02. The SMILES string of the molecule is Fc1ccccc1C1CCNC(F)c2cc(-c3ccc(C(F)(F)F)nn3)ccc21. The van der Waals surface area contributed by atoms with Gasteiger partial charge in [-0.05, 0) is 48.4 Å². The molecule has 150 valence electrons. The molecule has 0 spiro atoms. The van der Waals surface area contributed by atoms with E-state index in [4.69, 9.17) is 0 Å². The zero-order valence-corrected chi connectivity index (χ0v) is 15.0. The third-order valence-electron chi connectivity index (χ3n) is 5.02. The second-order valence-electron chi connectivity index (χ2n) is 6.82. The lowest BCUT2D eigenvalue weighted by atomic mass is 9.85. The highest BCUT2D eigenvalue weighted by molar-refractivity contribution is 5.62. The van der Waals surface area contributed by atoms with E-state index in [1.54, 1.807) is 30.3 Å². The van der Waals surface area contributed by atoms with E-state index in [0.717, 1.165) is 6.07 Å². The Morgan fingerprint density at radius 2 is 1.69 bits per heavy atom. The number of hydrogen-bond acceptors (Lipinski definition) is 3. The normalized spacial score (nSPS) is 19.5. The van der Waals surface area contributed by atoms with Gasteiger partial charge >= 0.3 is 6.18 Å². The first-order chi connectivity index (χ1) is 13.8. The minimum absolute atomic E-state index is 0.194. The van der Waals surface area contributed by atoms with Gasteiger partial charge in [-0.2, -0.15) is 13.2 Å². The highest BCUT2D eigenvalue weighted by atomic mass is 19.4. The molecule has 2 unspecified atom stereocenters. The quantitative estimate of drug-likeness (QED) is 0.459. The molecule has 2 heterocycles. The van der Waals surface area contributed by atoms with Crippen molar-refractivity contribution in [3.8, 4) is 11.3 Å². The topological polar surface area (TPSA) is 37.8 Å². The molecule has 3 aromatic rings. The van der Waals surface area contributed by atoms with Gasteiger partial charge < -0.3 is 0 Å². The summed E-state index contributed by atoms with van der Waals surface area (Å²) in [5.41, 5.74) is 0.960. The van der Waals surface area contributed by atoms with Crippen LogP contribution in [0.25, 0.3) is 11.3 Å². The zero-order chi connectivity index (χ0) is 20.6. The van der Waals surface area contributed by atoms with Crippen molar-refractivity contribution in [2.75, 3.05) is 6.54 Å². The lowest BCUT2D eigenvalue weighted by Gasteiger charge is -2.19. The first-order valence-electron chi connectivity index (χ1n) is 9.01. The fourth-order valence-corrected chi connectivity index (χ4v) is 3.61. The van der Waals surface area contributed by atoms with E-state index in [2.05, 4.69) is 15.5 Å². The van der Waals surface area contributed by atoms with Crippen molar-refractivity contribution >= 4 is 0 Å². The Hall–Kier alpha value is -2.87. The molecule has 2 atom stereocenters. The molecule has 1 N–H and O–H groups in total. The van der Waals surface area contributed by atoms with Crippen molar-refractivity contribution < 1.29 is 22.0 Å². The molecular formula is C21H16F5N3. The average Bonchev–Trinajstić information content (AvgIpc) is 2.86. The van der Waals surface area contributed by atoms with Gasteiger partial charge in [0, 0.05) is 17.0 Å². The Labute approximate surface area is 163 Å². The number of nitrogens with zero attached hydrogens (tertiary/aromatic N) is 2. The first kappa shape index (κ1) is 19.4. The van der Waals surface area contributed by atoms with Crippen LogP contribution >= 0.6 is 0 Å². The summed E-state index contributed by atoms with van der Waals surface area (Å²) in [7, 11) is 0. The maximum absolute atomic E-state index is 14.8. The summed E-state index contributed by atoms with van der Waals surface area (Å²) in [6.07, 6.45) is -5.56. The van der Waals surface area contributed by atoms with Crippen molar-refractivity contribution in [1.29, 1.82) is 0 Å². The molecule has 1 aliphatic heterocycles. The van der Waals surface area contributed by atoms with Crippen LogP contribution in [-0.4, -0.2) is 16.7 Å². The van der Waals surface area contributed by atoms with Crippen molar-refractivity contribution in [3.05, 3.63) is 82.8 Å². The summed E-state index contributed by atoms with van der Waals surface area (Å²) in [5.74, 6) is -0.703. The molecule has 29 heavy (non-hydrogen) atoms. The van der Waals surface area contributed by atoms with Crippen LogP contribution in [0.1, 0.15) is 41.0 Å². The number of hydrogen-bond donors (Lipinski definition) is 1. The summed E-state index contributed by atoms with van der Waals surface area (Å²) >= 11 is 0. The van der Waals surface area contributed by atoms with Crippen molar-refractivity contribution in [2.24, 2.45) is 0 Å². The fourth-order valence-electron chi connectivity index (χ4n) is 3.61. The number of halogens is 5. The van der Waals surface area contributed by atoms with Gasteiger partial charge in [0.1, 0.15) is 5.82 Å². The van der Waals surface area contributed by atoms with Gasteiger partial charge in [-0.3, -0.25) is 5.32 Å². The molecule has 4 rings (SSSR count). The maximum atomic E-state index is 14.8. The van der Waals surface area contributed by atoms with Gasteiger partial charge in [-0.1, -0.05) is 30.3 Å². The molecule has 1 aromatic heterocycles. The van der Waals surface area contributed by atoms with Crippen LogP contribution in [0, 0.1) is 5.82 Å². The van der Waals surface area contributed by atoms with Gasteiger partial charge in [0.05, 0.1) is 5.69 Å². The lowest BCUT2D eigenvalue weighted by Crippen LogP contribution is -2.17. The van der Waals surface area contributed by atoms with E-state index in [-0.39, 0.29) is 17.4 Å². The molecule has 0 amide bonds. The van der Waals surface area contributed by atoms with Crippen molar-refractivity contribution in [3.63, 3.8) is 0 Å². The second-order valence-corrected chi connectivity index (χ2v) is 6.82. The zero-order valence-electron chi connectivity index (χ0n) is 15.0. The molecule has 0 fully saturated rings. The largest absolute Gasteiger partial charge is 0.435 e. The van der Waals surface area contributed by atoms with E-state index < -0.39 is 18.2 Å². The summed E-state index contributed by atoms with van der Waals surface area (Å²) < 4.78 is 67.2. The highest BCUT2D eigenvalue weighted by Crippen LogP contribution is 2.38. The number of fused-ring (bicyclic) bond motifs is 1. The molecule has 8 heteroatoms. The summed E-state index contributed by atoms with van der Waals surface area (Å²) in [6.45, 7) is 0.351. The molecule has 0 saturated carbocycles. The van der Waals surface area contributed by atoms with Crippen LogP contribution < -0.4 is 5.32 Å². The maximum Gasteiger partial charge on any atom is 0.435 e. The standard InChI is InChI=1S/C21H16F5N3/c22-17-4-2-1-3-15(17)14-9-10-27-20(23)16-11-12(5-6-13(14)16)18-7-8-19(29-28-18)21(24,25)26/h1-8,11,14,20,27H,9-10H2. The number of alkyl halides is 4. The van der Waals surface area contributed by atoms with Gasteiger partial charge in [-0.15, -0.1) is 10.2 Å². The highest BCUT2D eigenvalue weighted by Gasteiger charge is 2.33. The Morgan fingerprint density at radius 1 is 0.897 bits per heavy atom. The van der Waals surface area contributed by atoms with E-state index in [1.807, 2.05) is 0 Å². The Bertz CT molecular complexity index is 1020. The minimum atomic E-state index is -4.58. The van der Waals surface area contributed by atoms with E-state index in [0.29, 0.717) is 35.2 Å². The monoisotopic (exact) mass is 405 g/mol. The van der Waals surface area contributed by atoms with E-state index in [9.17, 15) is 22.0 Å². The molecule has 0 aliphatic carbocycles. The van der Waals surface area contributed by atoms with E-state index in [1.165, 1.54) is 18.2 Å². The van der Waals surface area contributed by atoms with Crippen molar-refractivity contribution in [1.82, 2.24) is 15.5 Å². The van der Waals surface area contributed by atoms with Gasteiger partial charge in [-0.25, -0.2) is 8.78 Å². The molecule has 0 radical (unpaired) electrons. The lowest BCUT2D eigenvalue weighted by molar-refractivity contribution is -0.141. The fraction of sp³-hybridized carbons (Fsp3) is 0.238. The van der Waals surface area contributed by atoms with Crippen molar-refractivity contribution in [2.45, 2.75) is 24.8 Å². The average molecular weight is 405 g/mol. The first-order valence-corrected chi connectivity index (χ1v) is 9.01. The number of benzene rings is 2. The Kier molecular flexibility index (Phi) is 5.04. The predicted octanol–water partition coefficient (Wildman–Crippen LogP) is 5.39. The third kappa shape index (κ3) is 3.85. The molecule has 0 saturated heterocycles. The molecular weight excluding hydrogens is 389 g/mol. The van der Waals surface area contributed by atoms with Crippen LogP contribution in [-0.2, 0) is 6.18 Å². The Morgan fingerprint density at radius 3 is 2.38 bits per heavy atom. The van der Waals surface area contributed by atoms with Crippen LogP contribution in [0.2, 0.25) is 0 Å². The van der Waals surface area contributed by atoms with E-state index >= 15 is 0 Å². The molecule has 1 aliphatic rings. The molecule has 0 bridgehead atoms. The summed E-state index contributed by atoms with van der Waals surface area (Å²) in [6, 6.07) is 13.3. The number of nitrogens with one attached hydrogen (secondary N) is 1. The minimum Gasteiger partial charge on any atom is -0.284 e. The predicted molar refractivity (Wildman–Crippen MR) is 97.2 cm³/mol. The van der Waals surface area contributed by atoms with Crippen LogP contribution in [0.4, 0.5) is 22.0 Å². The summed E-state index contributed by atoms with van der Waals surface area (Å²) in [4.78, 5) is 0. The smallest absolute Gasteiger partial charge is 0.284 e. The second kappa shape index (κ2) is 7.51. The van der Waals surface area contributed by atoms with Gasteiger partial charge in [0.2, 0.25) is 0 Å². The van der Waals surface area contributed by atoms with Crippen LogP contribution in [0.5, 0.6) is 0 Å². The molecule has 2 aromatic carbocycles. The van der Waals surface area contributed by atoms with Crippen LogP contribution in [0.3, 0.4) is 0 Å². The van der Waals surface area contributed by atoms with Crippen LogP contribution in [0.15, 0.2) is 54.6 Å². The van der Waals surface area contributed by atoms with Gasteiger partial charge in [0.15, 0.2) is 12.0 Å². The summed E-state index contributed by atoms with van der Waals surface area (Å²) in [5, 5.41) is 9.60. The van der Waals surface area contributed by atoms with Gasteiger partial charge in [0.25, 0.3) is 0 Å². The number of aromatic nitrogens is 2. The number of rotatable bonds is 2. The Balaban J connectivity index is 1.76.